The Balaban J connectivity index is 1.84. The monoisotopic (exact) mass is 295 g/mol. The highest BCUT2D eigenvalue weighted by Crippen LogP contribution is 2.32. The number of nitrogens with one attached hydrogen (secondary N) is 2. The second-order valence-corrected chi connectivity index (χ2v) is 5.34. The molecule has 0 aliphatic carbocycles. The van der Waals surface area contributed by atoms with Crippen molar-refractivity contribution in [2.45, 2.75) is 12.6 Å². The maximum Gasteiger partial charge on any atom is 0.416 e. The molecule has 1 unspecified atom stereocenters. The number of halogens is 3. The molecule has 2 heterocycles. The Labute approximate surface area is 121 Å². The molecule has 0 bridgehead atoms. The summed E-state index contributed by atoms with van der Waals surface area (Å²) >= 11 is 0. The Morgan fingerprint density at radius 3 is 2.57 bits per heavy atom. The number of amidine groups is 1. The van der Waals surface area contributed by atoms with Crippen molar-refractivity contribution in [3.8, 4) is 0 Å². The van der Waals surface area contributed by atoms with E-state index in [0.717, 1.165) is 31.6 Å². The van der Waals surface area contributed by atoms with E-state index in [2.05, 4.69) is 11.4 Å². The maximum atomic E-state index is 12.6. The van der Waals surface area contributed by atoms with Crippen molar-refractivity contribution in [1.29, 1.82) is 5.41 Å². The highest BCUT2D eigenvalue weighted by molar-refractivity contribution is 6.00. The minimum atomic E-state index is -4.32. The van der Waals surface area contributed by atoms with Gasteiger partial charge in [0.1, 0.15) is 5.84 Å². The fourth-order valence-corrected chi connectivity index (χ4v) is 2.88. The third-order valence-electron chi connectivity index (χ3n) is 4.05. The molecule has 6 heteroatoms. The van der Waals surface area contributed by atoms with Crippen LogP contribution < -0.4 is 10.2 Å². The molecule has 3 nitrogen and oxygen atoms in total. The largest absolute Gasteiger partial charge is 0.416 e. The maximum absolute atomic E-state index is 12.6. The van der Waals surface area contributed by atoms with E-state index < -0.39 is 11.7 Å². The van der Waals surface area contributed by atoms with Gasteiger partial charge < -0.3 is 10.2 Å². The van der Waals surface area contributed by atoms with Gasteiger partial charge in [0.2, 0.25) is 0 Å². The van der Waals surface area contributed by atoms with Crippen LogP contribution in [0.4, 0.5) is 18.9 Å². The molecule has 0 spiro atoms. The van der Waals surface area contributed by atoms with Crippen molar-refractivity contribution in [2.75, 3.05) is 24.5 Å². The van der Waals surface area contributed by atoms with Crippen LogP contribution in [0.2, 0.25) is 0 Å². The SMILES string of the molecule is N=C1C2CCNCC2=CCN1c1ccc(C(F)(F)F)cc1. The van der Waals surface area contributed by atoms with Gasteiger partial charge in [-0.2, -0.15) is 13.2 Å². The normalized spacial score (nSPS) is 22.8. The third-order valence-corrected chi connectivity index (χ3v) is 4.05. The minimum absolute atomic E-state index is 0.0855. The van der Waals surface area contributed by atoms with Gasteiger partial charge in [-0.1, -0.05) is 6.08 Å². The number of anilines is 1. The Hall–Kier alpha value is -1.82. The van der Waals surface area contributed by atoms with E-state index in [0.29, 0.717) is 18.1 Å². The number of hydrogen-bond donors (Lipinski definition) is 2. The van der Waals surface area contributed by atoms with Crippen molar-refractivity contribution in [3.05, 3.63) is 41.5 Å². The summed E-state index contributed by atoms with van der Waals surface area (Å²) in [7, 11) is 0. The van der Waals surface area contributed by atoms with Crippen molar-refractivity contribution < 1.29 is 13.2 Å². The van der Waals surface area contributed by atoms with Crippen molar-refractivity contribution in [2.24, 2.45) is 5.92 Å². The molecule has 2 N–H and O–H groups in total. The van der Waals surface area contributed by atoms with Gasteiger partial charge in [-0.15, -0.1) is 0 Å². The Bertz CT molecular complexity index is 575. The molecule has 112 valence electrons. The first-order valence-corrected chi connectivity index (χ1v) is 6.89. The van der Waals surface area contributed by atoms with Gasteiger partial charge in [-0.05, 0) is 42.8 Å². The van der Waals surface area contributed by atoms with E-state index in [1.54, 1.807) is 4.90 Å². The molecule has 21 heavy (non-hydrogen) atoms. The number of piperidine rings is 1. The van der Waals surface area contributed by atoms with E-state index in [1.807, 2.05) is 0 Å². The van der Waals surface area contributed by atoms with Crippen LogP contribution in [-0.4, -0.2) is 25.5 Å². The van der Waals surface area contributed by atoms with E-state index in [4.69, 9.17) is 5.41 Å². The minimum Gasteiger partial charge on any atom is -0.326 e. The third kappa shape index (κ3) is 2.68. The van der Waals surface area contributed by atoms with Crippen LogP contribution >= 0.6 is 0 Å². The predicted molar refractivity (Wildman–Crippen MR) is 75.6 cm³/mol. The second-order valence-electron chi connectivity index (χ2n) is 5.34. The summed E-state index contributed by atoms with van der Waals surface area (Å²) in [4.78, 5) is 1.78. The summed E-state index contributed by atoms with van der Waals surface area (Å²) in [5, 5.41) is 11.6. The Morgan fingerprint density at radius 1 is 1.19 bits per heavy atom. The van der Waals surface area contributed by atoms with Crippen LogP contribution in [0, 0.1) is 11.3 Å². The summed E-state index contributed by atoms with van der Waals surface area (Å²) in [5.74, 6) is 0.566. The van der Waals surface area contributed by atoms with Crippen LogP contribution in [0.3, 0.4) is 0 Å². The molecular formula is C15H16F3N3. The average molecular weight is 295 g/mol. The Morgan fingerprint density at radius 2 is 1.90 bits per heavy atom. The van der Waals surface area contributed by atoms with E-state index in [-0.39, 0.29) is 5.92 Å². The Kier molecular flexibility index (Phi) is 3.49. The molecule has 0 radical (unpaired) electrons. The standard InChI is InChI=1S/C15H16F3N3/c16-15(17,18)11-1-3-12(4-2-11)21-8-6-10-9-20-7-5-13(10)14(21)19/h1-4,6,13,19-20H,5,7-9H2. The summed E-state index contributed by atoms with van der Waals surface area (Å²) in [6, 6.07) is 5.03. The molecule has 1 aromatic carbocycles. The van der Waals surface area contributed by atoms with Gasteiger partial charge in [0.25, 0.3) is 0 Å². The molecule has 1 fully saturated rings. The summed E-state index contributed by atoms with van der Waals surface area (Å²) in [6.07, 6.45) is -1.38. The molecule has 1 saturated heterocycles. The van der Waals surface area contributed by atoms with Gasteiger partial charge in [0.05, 0.1) is 5.56 Å². The van der Waals surface area contributed by atoms with Gasteiger partial charge in [0.15, 0.2) is 0 Å². The molecule has 2 aliphatic heterocycles. The van der Waals surface area contributed by atoms with E-state index in [9.17, 15) is 13.2 Å². The highest BCUT2D eigenvalue weighted by atomic mass is 19.4. The first-order chi connectivity index (χ1) is 9.97. The van der Waals surface area contributed by atoms with Crippen LogP contribution in [-0.2, 0) is 6.18 Å². The number of fused-ring (bicyclic) bond motifs is 1. The van der Waals surface area contributed by atoms with Crippen LogP contribution in [0.25, 0.3) is 0 Å². The molecular weight excluding hydrogens is 279 g/mol. The zero-order valence-electron chi connectivity index (χ0n) is 11.4. The summed E-state index contributed by atoms with van der Waals surface area (Å²) in [6.45, 7) is 2.21. The smallest absolute Gasteiger partial charge is 0.326 e. The van der Waals surface area contributed by atoms with Gasteiger partial charge >= 0.3 is 6.18 Å². The molecule has 1 atom stereocenters. The second kappa shape index (κ2) is 5.18. The van der Waals surface area contributed by atoms with Crippen molar-refractivity contribution >= 4 is 11.5 Å². The van der Waals surface area contributed by atoms with Crippen molar-refractivity contribution in [3.63, 3.8) is 0 Å². The molecule has 1 aromatic rings. The van der Waals surface area contributed by atoms with Gasteiger partial charge in [-0.3, -0.25) is 5.41 Å². The number of rotatable bonds is 1. The fourth-order valence-electron chi connectivity index (χ4n) is 2.88. The van der Waals surface area contributed by atoms with Crippen LogP contribution in [0.15, 0.2) is 35.9 Å². The van der Waals surface area contributed by atoms with Gasteiger partial charge in [0, 0.05) is 24.7 Å². The molecule has 0 amide bonds. The fraction of sp³-hybridized carbons (Fsp3) is 0.400. The summed E-state index contributed by atoms with van der Waals surface area (Å²) < 4.78 is 37.8. The topological polar surface area (TPSA) is 39.1 Å². The van der Waals surface area contributed by atoms with E-state index in [1.165, 1.54) is 17.7 Å². The van der Waals surface area contributed by atoms with Crippen LogP contribution in [0.1, 0.15) is 12.0 Å². The lowest BCUT2D eigenvalue weighted by Crippen LogP contribution is -2.45. The molecule has 2 aliphatic rings. The molecule has 0 saturated carbocycles. The zero-order valence-corrected chi connectivity index (χ0v) is 11.4. The quantitative estimate of drug-likeness (QED) is 0.782. The highest BCUT2D eigenvalue weighted by Gasteiger charge is 2.32. The van der Waals surface area contributed by atoms with Gasteiger partial charge in [-0.25, -0.2) is 0 Å². The molecule has 0 aromatic heterocycles. The number of benzene rings is 1. The first-order valence-electron chi connectivity index (χ1n) is 6.89. The van der Waals surface area contributed by atoms with E-state index >= 15 is 0 Å². The average Bonchev–Trinajstić information content (AvgIpc) is 2.47. The zero-order chi connectivity index (χ0) is 15.0. The summed E-state index contributed by atoms with van der Waals surface area (Å²) in [5.41, 5.74) is 1.20. The van der Waals surface area contributed by atoms with Crippen molar-refractivity contribution in [1.82, 2.24) is 5.32 Å². The lowest BCUT2D eigenvalue weighted by Gasteiger charge is -2.37. The number of alkyl halides is 3. The first kappa shape index (κ1) is 14.1. The number of nitrogens with zero attached hydrogens (tertiary/aromatic N) is 1. The number of hydrogen-bond acceptors (Lipinski definition) is 2. The molecule has 3 rings (SSSR count). The lowest BCUT2D eigenvalue weighted by atomic mass is 9.87. The lowest BCUT2D eigenvalue weighted by molar-refractivity contribution is -0.137. The van der Waals surface area contributed by atoms with Crippen LogP contribution in [0.5, 0.6) is 0 Å². The predicted octanol–water partition coefficient (Wildman–Crippen LogP) is 3.04.